The summed E-state index contributed by atoms with van der Waals surface area (Å²) >= 11 is 5.92. The molecule has 1 aliphatic rings. The molecular weight excluding hydrogens is 294 g/mol. The van der Waals surface area contributed by atoms with Gasteiger partial charge >= 0.3 is 5.97 Å². The zero-order valence-electron chi connectivity index (χ0n) is 11.1. The van der Waals surface area contributed by atoms with Gasteiger partial charge in [-0.1, -0.05) is 42.8 Å². The predicted molar refractivity (Wildman–Crippen MR) is 73.8 cm³/mol. The first kappa shape index (κ1) is 14.9. The van der Waals surface area contributed by atoms with E-state index in [1.165, 1.54) is 12.1 Å². The Morgan fingerprint density at radius 2 is 1.86 bits per heavy atom. The number of ether oxygens (including phenoxy) is 1. The van der Waals surface area contributed by atoms with E-state index in [0.29, 0.717) is 0 Å². The van der Waals surface area contributed by atoms with Crippen LogP contribution in [0.15, 0.2) is 34.9 Å². The van der Waals surface area contributed by atoms with Crippen LogP contribution < -0.4 is 0 Å². The predicted octanol–water partition coefficient (Wildman–Crippen LogP) is 2.40. The monoisotopic (exact) mass is 303 g/mol. The maximum atomic E-state index is 12.4. The third-order valence-electron chi connectivity index (χ3n) is 3.01. The largest absolute Gasteiger partial charge is 0.442 e. The molecule has 5 nitrogen and oxygen atoms in total. The molecule has 0 fully saturated rings. The highest BCUT2D eigenvalue weighted by Crippen LogP contribution is 2.31. The van der Waals surface area contributed by atoms with E-state index in [1.54, 1.807) is 25.1 Å². The number of halogens is 1. The minimum Gasteiger partial charge on any atom is -0.442 e. The summed E-state index contributed by atoms with van der Waals surface area (Å²) in [6, 6.07) is 7.85. The van der Waals surface area contributed by atoms with Crippen molar-refractivity contribution in [2.45, 2.75) is 19.4 Å². The molecule has 0 aliphatic heterocycles. The van der Waals surface area contributed by atoms with E-state index >= 15 is 0 Å². The molecule has 0 spiro atoms. The fourth-order valence-corrected chi connectivity index (χ4v) is 2.25. The first-order valence-electron chi connectivity index (χ1n) is 6.18. The highest BCUT2D eigenvalue weighted by molar-refractivity contribution is 6.50. The van der Waals surface area contributed by atoms with Crippen LogP contribution in [0.5, 0.6) is 0 Å². The van der Waals surface area contributed by atoms with Gasteiger partial charge in [0.1, 0.15) is 11.1 Å². The molecule has 0 unspecified atom stereocenters. The number of nitriles is 1. The lowest BCUT2D eigenvalue weighted by Crippen LogP contribution is -2.29. The number of allylic oxidation sites excluding steroid dienone is 1. The number of nitrogens with zero attached hydrogens (tertiary/aromatic N) is 1. The van der Waals surface area contributed by atoms with Crippen LogP contribution in [0.2, 0.25) is 0 Å². The number of hydrogen-bond donors (Lipinski definition) is 0. The summed E-state index contributed by atoms with van der Waals surface area (Å²) in [7, 11) is 0. The van der Waals surface area contributed by atoms with Gasteiger partial charge in [-0.2, -0.15) is 5.26 Å². The Bertz CT molecular complexity index is 715. The number of fused-ring (bicyclic) bond motifs is 1. The Hall–Kier alpha value is -2.45. The molecule has 0 bridgehead atoms. The lowest BCUT2D eigenvalue weighted by molar-refractivity contribution is -0.144. The Balaban J connectivity index is 2.51. The molecule has 0 saturated carbocycles. The summed E-state index contributed by atoms with van der Waals surface area (Å²) in [5.74, 6) is -1.79. The van der Waals surface area contributed by atoms with Crippen molar-refractivity contribution >= 4 is 29.1 Å². The van der Waals surface area contributed by atoms with Crippen molar-refractivity contribution in [1.29, 1.82) is 5.26 Å². The minimum atomic E-state index is -1.49. The first-order chi connectivity index (χ1) is 10.0. The number of ketones is 2. The molecule has 1 aromatic rings. The Morgan fingerprint density at radius 3 is 2.38 bits per heavy atom. The SMILES string of the molecule is CCC(=O)O[C@H](C#N)C1=C(Cl)C(=O)c2ccccc2C1=O. The molecule has 0 radical (unpaired) electrons. The fraction of sp³-hybridized carbons (Fsp3) is 0.200. The Labute approximate surface area is 125 Å². The van der Waals surface area contributed by atoms with Crippen LogP contribution in [-0.2, 0) is 9.53 Å². The van der Waals surface area contributed by atoms with Gasteiger partial charge in [-0.3, -0.25) is 14.4 Å². The standard InChI is InChI=1S/C15H10ClNO4/c1-2-11(18)21-10(7-17)12-13(16)15(20)9-6-4-3-5-8(9)14(12)19/h3-6,10H,2H2,1H3/t10-/m1/s1. The van der Waals surface area contributed by atoms with Crippen LogP contribution in [0.25, 0.3) is 0 Å². The number of carbonyl (C=O) groups excluding carboxylic acids is 3. The molecule has 21 heavy (non-hydrogen) atoms. The highest BCUT2D eigenvalue weighted by Gasteiger charge is 2.37. The maximum absolute atomic E-state index is 12.4. The lowest BCUT2D eigenvalue weighted by atomic mass is 9.87. The number of rotatable bonds is 3. The molecule has 1 aromatic carbocycles. The summed E-state index contributed by atoms with van der Waals surface area (Å²) < 4.78 is 4.88. The minimum absolute atomic E-state index is 0.0435. The van der Waals surface area contributed by atoms with Crippen LogP contribution in [0.3, 0.4) is 0 Å². The van der Waals surface area contributed by atoms with Gasteiger partial charge in [-0.15, -0.1) is 0 Å². The van der Waals surface area contributed by atoms with Crippen molar-refractivity contribution in [2.24, 2.45) is 0 Å². The molecule has 2 rings (SSSR count). The normalized spacial score (nSPS) is 15.3. The molecule has 106 valence electrons. The van der Waals surface area contributed by atoms with Crippen molar-refractivity contribution in [1.82, 2.24) is 0 Å². The lowest BCUT2D eigenvalue weighted by Gasteiger charge is -2.20. The fourth-order valence-electron chi connectivity index (χ4n) is 1.96. The number of hydrogen-bond acceptors (Lipinski definition) is 5. The van der Waals surface area contributed by atoms with E-state index in [2.05, 4.69) is 0 Å². The molecule has 0 N–H and O–H groups in total. The second-order valence-electron chi connectivity index (χ2n) is 4.28. The number of benzene rings is 1. The summed E-state index contributed by atoms with van der Waals surface area (Å²) in [6.45, 7) is 1.55. The summed E-state index contributed by atoms with van der Waals surface area (Å²) in [6.07, 6.45) is -1.45. The third-order valence-corrected chi connectivity index (χ3v) is 3.39. The second-order valence-corrected chi connectivity index (χ2v) is 4.66. The van der Waals surface area contributed by atoms with Crippen LogP contribution in [-0.4, -0.2) is 23.6 Å². The molecular formula is C15H10ClNO4. The molecule has 0 amide bonds. The average Bonchev–Trinajstić information content (AvgIpc) is 2.51. The van der Waals surface area contributed by atoms with Gasteiger partial charge in [0.15, 0.2) is 5.78 Å². The van der Waals surface area contributed by atoms with Gasteiger partial charge in [-0.05, 0) is 0 Å². The molecule has 0 aromatic heterocycles. The average molecular weight is 304 g/mol. The van der Waals surface area contributed by atoms with E-state index in [0.717, 1.165) is 0 Å². The summed E-state index contributed by atoms with van der Waals surface area (Å²) in [5, 5.41) is 8.73. The van der Waals surface area contributed by atoms with Gasteiger partial charge in [0.05, 0.1) is 5.57 Å². The Kier molecular flexibility index (Phi) is 4.20. The molecule has 6 heteroatoms. The second kappa shape index (κ2) is 5.90. The molecule has 0 heterocycles. The van der Waals surface area contributed by atoms with Gasteiger partial charge < -0.3 is 4.74 Å². The van der Waals surface area contributed by atoms with Gasteiger partial charge in [0.2, 0.25) is 11.9 Å². The van der Waals surface area contributed by atoms with E-state index in [-0.39, 0.29) is 28.2 Å². The van der Waals surface area contributed by atoms with E-state index in [4.69, 9.17) is 21.6 Å². The Morgan fingerprint density at radius 1 is 1.29 bits per heavy atom. The number of esters is 1. The van der Waals surface area contributed by atoms with Gasteiger partial charge in [0.25, 0.3) is 0 Å². The molecule has 1 aliphatic carbocycles. The van der Waals surface area contributed by atoms with Gasteiger partial charge in [-0.25, -0.2) is 0 Å². The number of Topliss-reactive ketones (excluding diaryl/α,β-unsaturated/α-hetero) is 2. The third kappa shape index (κ3) is 2.58. The van der Waals surface area contributed by atoms with Crippen molar-refractivity contribution in [3.63, 3.8) is 0 Å². The van der Waals surface area contributed by atoms with E-state index < -0.39 is 23.6 Å². The zero-order chi connectivity index (χ0) is 15.6. The van der Waals surface area contributed by atoms with Crippen LogP contribution in [0.4, 0.5) is 0 Å². The topological polar surface area (TPSA) is 84.2 Å². The summed E-state index contributed by atoms with van der Waals surface area (Å²) in [4.78, 5) is 35.9. The summed E-state index contributed by atoms with van der Waals surface area (Å²) in [5.41, 5.74) is 0.0362. The van der Waals surface area contributed by atoms with Crippen molar-refractivity contribution in [2.75, 3.05) is 0 Å². The zero-order valence-corrected chi connectivity index (χ0v) is 11.8. The van der Waals surface area contributed by atoms with E-state index in [1.807, 2.05) is 0 Å². The smallest absolute Gasteiger partial charge is 0.307 e. The first-order valence-corrected chi connectivity index (χ1v) is 6.56. The highest BCUT2D eigenvalue weighted by atomic mass is 35.5. The molecule has 0 saturated heterocycles. The van der Waals surface area contributed by atoms with Crippen LogP contribution in [0.1, 0.15) is 34.1 Å². The number of carbonyl (C=O) groups is 3. The molecule has 1 atom stereocenters. The van der Waals surface area contributed by atoms with Crippen LogP contribution in [0, 0.1) is 11.3 Å². The van der Waals surface area contributed by atoms with Gasteiger partial charge in [0, 0.05) is 17.5 Å². The van der Waals surface area contributed by atoms with Crippen molar-refractivity contribution in [3.8, 4) is 6.07 Å². The van der Waals surface area contributed by atoms with E-state index in [9.17, 15) is 14.4 Å². The van der Waals surface area contributed by atoms with Crippen molar-refractivity contribution < 1.29 is 19.1 Å². The maximum Gasteiger partial charge on any atom is 0.307 e. The van der Waals surface area contributed by atoms with Crippen LogP contribution >= 0.6 is 11.6 Å². The van der Waals surface area contributed by atoms with Crippen molar-refractivity contribution in [3.05, 3.63) is 46.0 Å². The quantitative estimate of drug-likeness (QED) is 0.801.